The quantitative estimate of drug-likeness (QED) is 0.649. The van der Waals surface area contributed by atoms with Gasteiger partial charge in [0.2, 0.25) is 11.8 Å². The fourth-order valence-electron chi connectivity index (χ4n) is 4.98. The van der Waals surface area contributed by atoms with Crippen LogP contribution in [0, 0.1) is 11.7 Å². The van der Waals surface area contributed by atoms with Crippen molar-refractivity contribution in [2.45, 2.75) is 58.0 Å². The maximum absolute atomic E-state index is 14.0. The van der Waals surface area contributed by atoms with Crippen LogP contribution in [0.25, 0.3) is 0 Å². The number of piperidine rings is 1. The molecule has 2 atom stereocenters. The zero-order valence-corrected chi connectivity index (χ0v) is 21.4. The first-order valence-corrected chi connectivity index (χ1v) is 13.0. The van der Waals surface area contributed by atoms with E-state index >= 15 is 0 Å². The Labute approximate surface area is 205 Å². The average molecular weight is 487 g/mol. The summed E-state index contributed by atoms with van der Waals surface area (Å²) in [6.07, 6.45) is 1.74. The monoisotopic (exact) mass is 486 g/mol. The fraction of sp³-hybridized carbons (Fsp3) is 0.577. The van der Waals surface area contributed by atoms with E-state index < -0.39 is 6.04 Å². The van der Waals surface area contributed by atoms with E-state index in [1.807, 2.05) is 11.0 Å². The number of rotatable bonds is 4. The van der Waals surface area contributed by atoms with E-state index in [1.54, 1.807) is 29.4 Å². The number of carbonyl (C=O) groups excluding carboxylic acids is 2. The third kappa shape index (κ3) is 5.49. The molecule has 0 bridgehead atoms. The van der Waals surface area contributed by atoms with Gasteiger partial charge < -0.3 is 9.80 Å². The van der Waals surface area contributed by atoms with Gasteiger partial charge in [-0.1, -0.05) is 32.9 Å². The largest absolute Gasteiger partial charge is 0.341 e. The second-order valence-corrected chi connectivity index (χ2v) is 11.4. The Bertz CT molecular complexity index is 1030. The van der Waals surface area contributed by atoms with E-state index in [0.717, 1.165) is 36.8 Å². The van der Waals surface area contributed by atoms with Gasteiger partial charge in [0.05, 0.1) is 22.7 Å². The van der Waals surface area contributed by atoms with Crippen LogP contribution < -0.4 is 0 Å². The van der Waals surface area contributed by atoms with Crippen LogP contribution in [-0.4, -0.2) is 64.7 Å². The van der Waals surface area contributed by atoms with Gasteiger partial charge in [-0.25, -0.2) is 9.37 Å². The summed E-state index contributed by atoms with van der Waals surface area (Å²) in [4.78, 5) is 36.9. The van der Waals surface area contributed by atoms with Gasteiger partial charge in [0.15, 0.2) is 0 Å². The fourth-order valence-corrected chi connectivity index (χ4v) is 5.88. The molecule has 3 heterocycles. The predicted octanol–water partition coefficient (Wildman–Crippen LogP) is 4.22. The Hall–Kier alpha value is -2.32. The molecule has 2 saturated heterocycles. The van der Waals surface area contributed by atoms with E-state index in [4.69, 9.17) is 4.98 Å². The number of halogens is 1. The third-order valence-corrected chi connectivity index (χ3v) is 8.16. The molecule has 0 saturated carbocycles. The van der Waals surface area contributed by atoms with E-state index in [9.17, 15) is 14.0 Å². The van der Waals surface area contributed by atoms with E-state index in [0.29, 0.717) is 31.5 Å². The maximum atomic E-state index is 14.0. The first-order valence-electron chi connectivity index (χ1n) is 12.1. The standard InChI is InChI=1S/C26H35FN4O2S/c1-26(2,3)25-28-20(17-34-25)16-30-11-6-12-31(14-13-30)24(33)21-9-10-22(32)29(4)23(21)18-7-5-8-19(27)15-18/h5,7-8,15,17,21,23H,6,9-14,16H2,1-4H3. The topological polar surface area (TPSA) is 56.8 Å². The number of benzene rings is 1. The Balaban J connectivity index is 1.44. The predicted molar refractivity (Wildman–Crippen MR) is 132 cm³/mol. The maximum Gasteiger partial charge on any atom is 0.228 e. The average Bonchev–Trinajstić information content (AvgIpc) is 3.14. The second kappa shape index (κ2) is 10.1. The summed E-state index contributed by atoms with van der Waals surface area (Å²) in [5.74, 6) is -0.640. The summed E-state index contributed by atoms with van der Waals surface area (Å²) in [7, 11) is 1.72. The van der Waals surface area contributed by atoms with Gasteiger partial charge >= 0.3 is 0 Å². The molecule has 8 heteroatoms. The molecule has 184 valence electrons. The van der Waals surface area contributed by atoms with Crippen LogP contribution in [0.1, 0.15) is 62.3 Å². The number of thiazole rings is 1. The van der Waals surface area contributed by atoms with Gasteiger partial charge in [-0.15, -0.1) is 11.3 Å². The van der Waals surface area contributed by atoms with Crippen molar-refractivity contribution in [3.63, 3.8) is 0 Å². The lowest BCUT2D eigenvalue weighted by Crippen LogP contribution is -2.48. The number of aromatic nitrogens is 1. The van der Waals surface area contributed by atoms with Crippen molar-refractivity contribution in [2.24, 2.45) is 5.92 Å². The molecule has 34 heavy (non-hydrogen) atoms. The molecule has 2 aliphatic heterocycles. The Kier molecular flexibility index (Phi) is 7.38. The van der Waals surface area contributed by atoms with E-state index in [2.05, 4.69) is 31.1 Å². The Morgan fingerprint density at radius 3 is 2.71 bits per heavy atom. The van der Waals surface area contributed by atoms with Crippen LogP contribution in [0.15, 0.2) is 29.6 Å². The van der Waals surface area contributed by atoms with Gasteiger partial charge in [-0.2, -0.15) is 0 Å². The number of hydrogen-bond acceptors (Lipinski definition) is 5. The molecule has 1 aromatic heterocycles. The molecule has 4 rings (SSSR count). The van der Waals surface area contributed by atoms with Gasteiger partial charge in [0.25, 0.3) is 0 Å². The van der Waals surface area contributed by atoms with Crippen molar-refractivity contribution in [3.8, 4) is 0 Å². The third-order valence-electron chi connectivity index (χ3n) is 6.85. The van der Waals surface area contributed by atoms with Crippen molar-refractivity contribution in [2.75, 3.05) is 33.2 Å². The lowest BCUT2D eigenvalue weighted by atomic mass is 9.83. The highest BCUT2D eigenvalue weighted by molar-refractivity contribution is 7.09. The summed E-state index contributed by atoms with van der Waals surface area (Å²) < 4.78 is 14.0. The van der Waals surface area contributed by atoms with Gasteiger partial charge in [-0.3, -0.25) is 14.5 Å². The Morgan fingerprint density at radius 1 is 1.21 bits per heavy atom. The van der Waals surface area contributed by atoms with Gasteiger partial charge in [0, 0.05) is 57.0 Å². The Morgan fingerprint density at radius 2 is 2.00 bits per heavy atom. The molecule has 0 N–H and O–H groups in total. The molecule has 2 fully saturated rings. The molecule has 0 radical (unpaired) electrons. The van der Waals surface area contributed by atoms with Crippen molar-refractivity contribution in [3.05, 3.63) is 51.7 Å². The van der Waals surface area contributed by atoms with Crippen LogP contribution in [0.4, 0.5) is 4.39 Å². The highest BCUT2D eigenvalue weighted by Crippen LogP contribution is 2.37. The summed E-state index contributed by atoms with van der Waals surface area (Å²) in [6.45, 7) is 10.4. The van der Waals surface area contributed by atoms with Crippen molar-refractivity contribution in [1.82, 2.24) is 19.7 Å². The smallest absolute Gasteiger partial charge is 0.228 e. The van der Waals surface area contributed by atoms with Crippen LogP contribution >= 0.6 is 11.3 Å². The minimum Gasteiger partial charge on any atom is -0.341 e. The zero-order valence-electron chi connectivity index (χ0n) is 20.6. The lowest BCUT2D eigenvalue weighted by molar-refractivity contribution is -0.146. The molecule has 2 unspecified atom stereocenters. The van der Waals surface area contributed by atoms with E-state index in [1.165, 1.54) is 12.1 Å². The molecule has 0 aliphatic carbocycles. The van der Waals surface area contributed by atoms with E-state index in [-0.39, 0.29) is 29.0 Å². The number of likely N-dealkylation sites (tertiary alicyclic amines) is 1. The molecular formula is C26H35FN4O2S. The highest BCUT2D eigenvalue weighted by Gasteiger charge is 2.41. The minimum absolute atomic E-state index is 0.00163. The SMILES string of the molecule is CN1C(=O)CCC(C(=O)N2CCCN(Cc3csc(C(C)(C)C)n3)CC2)C1c1cccc(F)c1. The first kappa shape index (κ1) is 24.8. The normalized spacial score (nSPS) is 22.7. The lowest BCUT2D eigenvalue weighted by Gasteiger charge is -2.40. The molecule has 2 aromatic rings. The van der Waals surface area contributed by atoms with Crippen LogP contribution in [-0.2, 0) is 21.5 Å². The number of carbonyl (C=O) groups is 2. The molecular weight excluding hydrogens is 451 g/mol. The zero-order chi connectivity index (χ0) is 24.5. The molecule has 0 spiro atoms. The number of amides is 2. The first-order chi connectivity index (χ1) is 16.1. The van der Waals surface area contributed by atoms with Crippen LogP contribution in [0.5, 0.6) is 0 Å². The molecule has 2 aliphatic rings. The minimum atomic E-state index is -0.436. The molecule has 2 amide bonds. The summed E-state index contributed by atoms with van der Waals surface area (Å²) >= 11 is 1.71. The van der Waals surface area contributed by atoms with Gasteiger partial charge in [0.1, 0.15) is 5.82 Å². The summed E-state index contributed by atoms with van der Waals surface area (Å²) in [5.41, 5.74) is 1.83. The van der Waals surface area contributed by atoms with Gasteiger partial charge in [-0.05, 0) is 30.5 Å². The summed E-state index contributed by atoms with van der Waals surface area (Å²) in [5, 5.41) is 3.29. The van der Waals surface area contributed by atoms with Crippen molar-refractivity contribution < 1.29 is 14.0 Å². The van der Waals surface area contributed by atoms with Crippen molar-refractivity contribution >= 4 is 23.2 Å². The van der Waals surface area contributed by atoms with Crippen LogP contribution in [0.2, 0.25) is 0 Å². The summed E-state index contributed by atoms with van der Waals surface area (Å²) in [6, 6.07) is 5.86. The van der Waals surface area contributed by atoms with Crippen LogP contribution in [0.3, 0.4) is 0 Å². The second-order valence-electron chi connectivity index (χ2n) is 10.5. The number of nitrogens with zero attached hydrogens (tertiary/aromatic N) is 4. The highest BCUT2D eigenvalue weighted by atomic mass is 32.1. The number of hydrogen-bond donors (Lipinski definition) is 0. The molecule has 6 nitrogen and oxygen atoms in total. The molecule has 1 aromatic carbocycles. The van der Waals surface area contributed by atoms with Crippen molar-refractivity contribution in [1.29, 1.82) is 0 Å².